The molecule has 12 nitrogen and oxygen atoms in total. The molecule has 0 saturated heterocycles. The number of ether oxygens (including phenoxy) is 1. The third-order valence-electron chi connectivity index (χ3n) is 6.42. The SMILES string of the molecule is CCn1ncc(NC(=O)c2cc3nc(-c4ccc(OC)cc4)cc(C(F)(F)F)n3n2)c1C(=O)Nc1cnn(C)c1C. The minimum atomic E-state index is -4.79. The molecule has 0 aliphatic rings. The third kappa shape index (κ3) is 5.20. The van der Waals surface area contributed by atoms with Crippen molar-refractivity contribution in [1.82, 2.24) is 34.2 Å². The van der Waals surface area contributed by atoms with Gasteiger partial charge in [-0.3, -0.25) is 19.0 Å². The zero-order chi connectivity index (χ0) is 29.5. The van der Waals surface area contributed by atoms with Gasteiger partial charge in [-0.2, -0.15) is 28.5 Å². The number of hydrogen-bond donors (Lipinski definition) is 2. The molecule has 5 aromatic rings. The Balaban J connectivity index is 1.48. The summed E-state index contributed by atoms with van der Waals surface area (Å²) in [4.78, 5) is 30.6. The van der Waals surface area contributed by atoms with Crippen LogP contribution in [-0.2, 0) is 19.8 Å². The molecule has 1 aromatic carbocycles. The van der Waals surface area contributed by atoms with E-state index in [0.717, 1.165) is 12.1 Å². The summed E-state index contributed by atoms with van der Waals surface area (Å²) in [5.41, 5.74) is 0.0812. The molecule has 0 fully saturated rings. The van der Waals surface area contributed by atoms with Gasteiger partial charge in [0.25, 0.3) is 11.8 Å². The van der Waals surface area contributed by atoms with Crippen molar-refractivity contribution in [2.24, 2.45) is 7.05 Å². The molecule has 4 aromatic heterocycles. The van der Waals surface area contributed by atoms with E-state index in [4.69, 9.17) is 4.74 Å². The highest BCUT2D eigenvalue weighted by Gasteiger charge is 2.36. The summed E-state index contributed by atoms with van der Waals surface area (Å²) in [7, 11) is 3.20. The zero-order valence-corrected chi connectivity index (χ0v) is 22.3. The van der Waals surface area contributed by atoms with Crippen LogP contribution in [0.25, 0.3) is 16.9 Å². The highest BCUT2D eigenvalue weighted by atomic mass is 19.4. The molecule has 0 atom stereocenters. The number of amides is 2. The quantitative estimate of drug-likeness (QED) is 0.301. The van der Waals surface area contributed by atoms with Gasteiger partial charge in [0.15, 0.2) is 17.0 Å². The highest BCUT2D eigenvalue weighted by molar-refractivity contribution is 6.11. The van der Waals surface area contributed by atoms with Gasteiger partial charge in [-0.05, 0) is 44.2 Å². The van der Waals surface area contributed by atoms with Crippen LogP contribution in [0.4, 0.5) is 24.5 Å². The Morgan fingerprint density at radius 1 is 1.00 bits per heavy atom. The van der Waals surface area contributed by atoms with Crippen molar-refractivity contribution in [3.8, 4) is 17.0 Å². The summed E-state index contributed by atoms with van der Waals surface area (Å²) in [6, 6.07) is 8.35. The monoisotopic (exact) mass is 567 g/mol. The number of rotatable bonds is 7. The van der Waals surface area contributed by atoms with Gasteiger partial charge in [0.2, 0.25) is 0 Å². The summed E-state index contributed by atoms with van der Waals surface area (Å²) in [6.07, 6.45) is -2.02. The molecule has 0 saturated carbocycles. The number of carbonyl (C=O) groups excluding carboxylic acids is 2. The largest absolute Gasteiger partial charge is 0.497 e. The standard InChI is InChI=1S/C26H24F3N9O3/c1-5-37-23(25(40)33-19-12-30-36(3)14(19)2)20(13-31-37)34-24(39)18-11-22-32-17(15-6-8-16(41-4)9-7-15)10-21(26(27,28)29)38(22)35-18/h6-13H,5H2,1-4H3,(H,33,40)(H,34,39). The Morgan fingerprint density at radius 2 is 1.68 bits per heavy atom. The lowest BCUT2D eigenvalue weighted by Crippen LogP contribution is -2.21. The van der Waals surface area contributed by atoms with Gasteiger partial charge in [-0.15, -0.1) is 0 Å². The van der Waals surface area contributed by atoms with Crippen LogP contribution in [0, 0.1) is 6.92 Å². The zero-order valence-electron chi connectivity index (χ0n) is 22.3. The lowest BCUT2D eigenvalue weighted by atomic mass is 10.1. The lowest BCUT2D eigenvalue weighted by Gasteiger charge is -2.11. The summed E-state index contributed by atoms with van der Waals surface area (Å²) >= 11 is 0. The van der Waals surface area contributed by atoms with E-state index in [9.17, 15) is 22.8 Å². The first-order valence-corrected chi connectivity index (χ1v) is 12.3. The molecule has 0 aliphatic carbocycles. The van der Waals surface area contributed by atoms with Crippen LogP contribution in [0.1, 0.15) is 39.3 Å². The number of aromatic nitrogens is 7. The summed E-state index contributed by atoms with van der Waals surface area (Å²) in [5.74, 6) is -0.878. The van der Waals surface area contributed by atoms with Crippen molar-refractivity contribution in [3.05, 3.63) is 71.6 Å². The van der Waals surface area contributed by atoms with Gasteiger partial charge in [0, 0.05) is 25.2 Å². The Bertz CT molecular complexity index is 1770. The van der Waals surface area contributed by atoms with Gasteiger partial charge in [0.1, 0.15) is 11.4 Å². The normalized spacial score (nSPS) is 11.6. The van der Waals surface area contributed by atoms with Crippen LogP contribution in [0.3, 0.4) is 0 Å². The van der Waals surface area contributed by atoms with Crippen LogP contribution >= 0.6 is 0 Å². The minimum Gasteiger partial charge on any atom is -0.497 e. The molecule has 0 spiro atoms. The molecule has 41 heavy (non-hydrogen) atoms. The van der Waals surface area contributed by atoms with Crippen LogP contribution in [-0.4, -0.2) is 53.1 Å². The fourth-order valence-electron chi connectivity index (χ4n) is 4.14. The van der Waals surface area contributed by atoms with Crippen LogP contribution < -0.4 is 15.4 Å². The Labute approximate surface area is 230 Å². The van der Waals surface area contributed by atoms with E-state index in [0.29, 0.717) is 33.8 Å². The minimum absolute atomic E-state index is 0.0354. The molecule has 212 valence electrons. The maximum Gasteiger partial charge on any atom is 0.433 e. The number of nitrogens with zero attached hydrogens (tertiary/aromatic N) is 7. The second kappa shape index (κ2) is 10.4. The number of nitrogens with one attached hydrogen (secondary N) is 2. The molecule has 4 heterocycles. The molecular formula is C26H24F3N9O3. The number of aryl methyl sites for hydroxylation is 2. The smallest absolute Gasteiger partial charge is 0.433 e. The van der Waals surface area contributed by atoms with E-state index in [1.807, 2.05) is 0 Å². The number of halogens is 3. The molecule has 0 bridgehead atoms. The van der Waals surface area contributed by atoms with Crippen LogP contribution in [0.5, 0.6) is 5.75 Å². The van der Waals surface area contributed by atoms with Gasteiger partial charge >= 0.3 is 6.18 Å². The summed E-state index contributed by atoms with van der Waals surface area (Å²) in [6.45, 7) is 3.85. The summed E-state index contributed by atoms with van der Waals surface area (Å²) in [5, 5.41) is 17.4. The Hall–Kier alpha value is -5.21. The predicted molar refractivity (Wildman–Crippen MR) is 142 cm³/mol. The molecule has 15 heteroatoms. The predicted octanol–water partition coefficient (Wildman–Crippen LogP) is 4.19. The molecular weight excluding hydrogens is 543 g/mol. The fourth-order valence-corrected chi connectivity index (χ4v) is 4.14. The van der Waals surface area contributed by atoms with E-state index in [1.54, 1.807) is 49.8 Å². The first-order chi connectivity index (χ1) is 19.5. The molecule has 5 rings (SSSR count). The second-order valence-electron chi connectivity index (χ2n) is 8.95. The number of methoxy groups -OCH3 is 1. The average molecular weight is 568 g/mol. The topological polar surface area (TPSA) is 133 Å². The Morgan fingerprint density at radius 3 is 2.29 bits per heavy atom. The van der Waals surface area contributed by atoms with Gasteiger partial charge in [-0.1, -0.05) is 0 Å². The fraction of sp³-hybridized carbons (Fsp3) is 0.231. The number of benzene rings is 1. The van der Waals surface area contributed by atoms with Crippen molar-refractivity contribution in [3.63, 3.8) is 0 Å². The van der Waals surface area contributed by atoms with E-state index in [2.05, 4.69) is 30.9 Å². The molecule has 0 radical (unpaired) electrons. The average Bonchev–Trinajstić information content (AvgIpc) is 3.65. The van der Waals surface area contributed by atoms with Crippen molar-refractivity contribution in [2.45, 2.75) is 26.6 Å². The maximum absolute atomic E-state index is 14.0. The van der Waals surface area contributed by atoms with Crippen molar-refractivity contribution in [1.29, 1.82) is 0 Å². The summed E-state index contributed by atoms with van der Waals surface area (Å²) < 4.78 is 50.7. The van der Waals surface area contributed by atoms with E-state index in [1.165, 1.54) is 24.2 Å². The van der Waals surface area contributed by atoms with Crippen molar-refractivity contribution >= 4 is 28.8 Å². The van der Waals surface area contributed by atoms with Gasteiger partial charge in [-0.25, -0.2) is 9.50 Å². The van der Waals surface area contributed by atoms with Crippen molar-refractivity contribution in [2.75, 3.05) is 17.7 Å². The van der Waals surface area contributed by atoms with E-state index >= 15 is 0 Å². The number of anilines is 2. The number of carbonyl (C=O) groups is 2. The highest BCUT2D eigenvalue weighted by Crippen LogP contribution is 2.33. The van der Waals surface area contributed by atoms with Gasteiger partial charge in [0.05, 0.1) is 42.3 Å². The molecule has 0 aliphatic heterocycles. The lowest BCUT2D eigenvalue weighted by molar-refractivity contribution is -0.142. The molecule has 2 N–H and O–H groups in total. The van der Waals surface area contributed by atoms with E-state index in [-0.39, 0.29) is 28.4 Å². The van der Waals surface area contributed by atoms with Crippen LogP contribution in [0.15, 0.2) is 48.8 Å². The number of alkyl halides is 3. The van der Waals surface area contributed by atoms with Crippen LogP contribution in [0.2, 0.25) is 0 Å². The first-order valence-electron chi connectivity index (χ1n) is 12.3. The second-order valence-corrected chi connectivity index (χ2v) is 8.95. The number of fused-ring (bicyclic) bond motifs is 1. The van der Waals surface area contributed by atoms with Crippen molar-refractivity contribution < 1.29 is 27.5 Å². The maximum atomic E-state index is 14.0. The first kappa shape index (κ1) is 27.4. The Kier molecular flexibility index (Phi) is 6.94. The molecule has 2 amide bonds. The number of hydrogen-bond acceptors (Lipinski definition) is 7. The third-order valence-corrected chi connectivity index (χ3v) is 6.42. The van der Waals surface area contributed by atoms with E-state index < -0.39 is 23.7 Å². The van der Waals surface area contributed by atoms with Gasteiger partial charge < -0.3 is 15.4 Å². The molecule has 0 unspecified atom stereocenters.